The van der Waals surface area contributed by atoms with Crippen LogP contribution in [0.4, 0.5) is 4.39 Å². The molecular formula is C14H16FNO3. The van der Waals surface area contributed by atoms with Crippen molar-refractivity contribution in [2.24, 2.45) is 4.99 Å². The van der Waals surface area contributed by atoms with Crippen molar-refractivity contribution < 1.29 is 18.7 Å². The van der Waals surface area contributed by atoms with E-state index in [4.69, 9.17) is 4.74 Å². The molecule has 1 aromatic rings. The van der Waals surface area contributed by atoms with Crippen LogP contribution < -0.4 is 0 Å². The molecule has 0 spiro atoms. The molecular weight excluding hydrogens is 249 g/mol. The summed E-state index contributed by atoms with van der Waals surface area (Å²) in [6, 6.07) is 4.10. The van der Waals surface area contributed by atoms with Crippen LogP contribution in [0.5, 0.6) is 0 Å². The molecule has 0 bridgehead atoms. The molecule has 0 saturated heterocycles. The number of hydrogen-bond acceptors (Lipinski definition) is 4. The van der Waals surface area contributed by atoms with Gasteiger partial charge < -0.3 is 9.47 Å². The van der Waals surface area contributed by atoms with Crippen LogP contribution in [-0.4, -0.2) is 31.6 Å². The van der Waals surface area contributed by atoms with Gasteiger partial charge in [0.25, 0.3) is 0 Å². The van der Waals surface area contributed by atoms with Crippen LogP contribution in [0.25, 0.3) is 0 Å². The molecule has 0 aliphatic carbocycles. The summed E-state index contributed by atoms with van der Waals surface area (Å²) < 4.78 is 23.5. The number of rotatable bonds is 4. The van der Waals surface area contributed by atoms with E-state index in [1.54, 1.807) is 12.1 Å². The van der Waals surface area contributed by atoms with E-state index in [-0.39, 0.29) is 12.4 Å². The van der Waals surface area contributed by atoms with Gasteiger partial charge in [0.05, 0.1) is 7.11 Å². The molecule has 1 aliphatic heterocycles. The van der Waals surface area contributed by atoms with Gasteiger partial charge in [0, 0.05) is 5.56 Å². The van der Waals surface area contributed by atoms with Crippen molar-refractivity contribution in [1.29, 1.82) is 0 Å². The molecule has 102 valence electrons. The molecule has 1 aliphatic rings. The van der Waals surface area contributed by atoms with E-state index >= 15 is 0 Å². The number of halogens is 1. The Kier molecular flexibility index (Phi) is 4.14. The second-order valence-electron chi connectivity index (χ2n) is 4.34. The highest BCUT2D eigenvalue weighted by molar-refractivity contribution is 5.97. The summed E-state index contributed by atoms with van der Waals surface area (Å²) in [6.45, 7) is 2.16. The highest BCUT2D eigenvalue weighted by Crippen LogP contribution is 2.17. The van der Waals surface area contributed by atoms with Crippen LogP contribution in [0.3, 0.4) is 0 Å². The second-order valence-corrected chi connectivity index (χ2v) is 4.34. The summed E-state index contributed by atoms with van der Waals surface area (Å²) >= 11 is 0. The van der Waals surface area contributed by atoms with Crippen molar-refractivity contribution in [3.05, 3.63) is 35.1 Å². The number of carbonyl (C=O) groups is 1. The number of hydrogen-bond donors (Lipinski definition) is 0. The van der Waals surface area contributed by atoms with Gasteiger partial charge >= 0.3 is 5.97 Å². The third-order valence-corrected chi connectivity index (χ3v) is 2.94. The Bertz CT molecular complexity index is 513. The summed E-state index contributed by atoms with van der Waals surface area (Å²) in [5, 5.41) is 0. The van der Waals surface area contributed by atoms with Crippen molar-refractivity contribution in [3.8, 4) is 0 Å². The van der Waals surface area contributed by atoms with E-state index < -0.39 is 12.0 Å². The van der Waals surface area contributed by atoms with Crippen molar-refractivity contribution >= 4 is 11.9 Å². The number of benzene rings is 1. The Morgan fingerprint density at radius 2 is 2.37 bits per heavy atom. The fourth-order valence-electron chi connectivity index (χ4n) is 1.96. The molecule has 5 heteroatoms. The van der Waals surface area contributed by atoms with E-state index in [0.717, 1.165) is 6.42 Å². The lowest BCUT2D eigenvalue weighted by Crippen LogP contribution is -2.21. The third-order valence-electron chi connectivity index (χ3n) is 2.94. The molecule has 0 radical (unpaired) electrons. The first-order chi connectivity index (χ1) is 9.15. The standard InChI is InChI=1S/C14H16FNO3/c1-3-4-9-7-10(5-6-11(9)15)13-16-12(8-19-13)14(17)18-2/h5-7,12H,3-4,8H2,1-2H3/t12-/m1/s1. The van der Waals surface area contributed by atoms with Crippen LogP contribution in [0.15, 0.2) is 23.2 Å². The normalized spacial score (nSPS) is 17.8. The monoisotopic (exact) mass is 265 g/mol. The van der Waals surface area contributed by atoms with Crippen LogP contribution >= 0.6 is 0 Å². The lowest BCUT2D eigenvalue weighted by Gasteiger charge is -2.05. The van der Waals surface area contributed by atoms with Gasteiger partial charge in [-0.1, -0.05) is 13.3 Å². The largest absolute Gasteiger partial charge is 0.475 e. The van der Waals surface area contributed by atoms with Crippen LogP contribution in [0, 0.1) is 5.82 Å². The molecule has 2 rings (SSSR count). The van der Waals surface area contributed by atoms with Crippen LogP contribution in [0.2, 0.25) is 0 Å². The Labute approximate surface area is 111 Å². The second kappa shape index (κ2) is 5.82. The molecule has 0 fully saturated rings. The molecule has 0 aromatic heterocycles. The van der Waals surface area contributed by atoms with Gasteiger partial charge in [-0.3, -0.25) is 0 Å². The van der Waals surface area contributed by atoms with Gasteiger partial charge in [0.15, 0.2) is 6.04 Å². The lowest BCUT2D eigenvalue weighted by atomic mass is 10.1. The maximum atomic E-state index is 13.5. The number of esters is 1. The smallest absolute Gasteiger partial charge is 0.334 e. The number of carbonyl (C=O) groups excluding carboxylic acids is 1. The van der Waals surface area contributed by atoms with Crippen molar-refractivity contribution in [2.45, 2.75) is 25.8 Å². The Morgan fingerprint density at radius 3 is 3.05 bits per heavy atom. The highest BCUT2D eigenvalue weighted by atomic mass is 19.1. The zero-order chi connectivity index (χ0) is 13.8. The fourth-order valence-corrected chi connectivity index (χ4v) is 1.96. The van der Waals surface area contributed by atoms with Crippen LogP contribution in [-0.2, 0) is 20.7 Å². The summed E-state index contributed by atoms with van der Waals surface area (Å²) in [4.78, 5) is 15.5. The molecule has 0 amide bonds. The minimum absolute atomic E-state index is 0.169. The first-order valence-corrected chi connectivity index (χ1v) is 6.23. The number of aliphatic imine (C=N–C) groups is 1. The maximum Gasteiger partial charge on any atom is 0.334 e. The zero-order valence-corrected chi connectivity index (χ0v) is 11.0. The summed E-state index contributed by atoms with van der Waals surface area (Å²) in [5.74, 6) is -0.285. The fraction of sp³-hybridized carbons (Fsp3) is 0.429. The molecule has 0 N–H and O–H groups in total. The van der Waals surface area contributed by atoms with E-state index in [1.807, 2.05) is 6.92 Å². The Balaban J connectivity index is 2.23. The van der Waals surface area contributed by atoms with Gasteiger partial charge in [0.2, 0.25) is 5.90 Å². The number of ether oxygens (including phenoxy) is 2. The zero-order valence-electron chi connectivity index (χ0n) is 11.0. The Hall–Kier alpha value is -1.91. The van der Waals surface area contributed by atoms with E-state index in [1.165, 1.54) is 13.2 Å². The first kappa shape index (κ1) is 13.5. The minimum atomic E-state index is -0.625. The average Bonchev–Trinajstić information content (AvgIpc) is 2.90. The maximum absolute atomic E-state index is 13.5. The highest BCUT2D eigenvalue weighted by Gasteiger charge is 2.27. The third kappa shape index (κ3) is 2.92. The van der Waals surface area contributed by atoms with E-state index in [2.05, 4.69) is 9.73 Å². The topological polar surface area (TPSA) is 47.9 Å². The number of methoxy groups -OCH3 is 1. The van der Waals surface area contributed by atoms with Gasteiger partial charge in [-0.25, -0.2) is 14.2 Å². The molecule has 19 heavy (non-hydrogen) atoms. The predicted octanol–water partition coefficient (Wildman–Crippen LogP) is 2.10. The molecule has 1 aromatic carbocycles. The van der Waals surface area contributed by atoms with Crippen molar-refractivity contribution in [1.82, 2.24) is 0 Å². The molecule has 1 atom stereocenters. The molecule has 0 saturated carbocycles. The molecule has 4 nitrogen and oxygen atoms in total. The Morgan fingerprint density at radius 1 is 1.58 bits per heavy atom. The first-order valence-electron chi connectivity index (χ1n) is 6.23. The van der Waals surface area contributed by atoms with Crippen molar-refractivity contribution in [3.63, 3.8) is 0 Å². The summed E-state index contributed by atoms with van der Waals surface area (Å²) in [5.41, 5.74) is 1.32. The lowest BCUT2D eigenvalue weighted by molar-refractivity contribution is -0.142. The van der Waals surface area contributed by atoms with Gasteiger partial charge in [-0.15, -0.1) is 0 Å². The summed E-state index contributed by atoms with van der Waals surface area (Å²) in [7, 11) is 1.31. The van der Waals surface area contributed by atoms with E-state index in [9.17, 15) is 9.18 Å². The minimum Gasteiger partial charge on any atom is -0.475 e. The van der Waals surface area contributed by atoms with Gasteiger partial charge in [0.1, 0.15) is 12.4 Å². The quantitative estimate of drug-likeness (QED) is 0.783. The summed E-state index contributed by atoms with van der Waals surface area (Å²) in [6.07, 6.45) is 1.52. The van der Waals surface area contributed by atoms with Gasteiger partial charge in [-0.2, -0.15) is 0 Å². The number of nitrogens with zero attached hydrogens (tertiary/aromatic N) is 1. The molecule has 1 heterocycles. The van der Waals surface area contributed by atoms with Crippen LogP contribution in [0.1, 0.15) is 24.5 Å². The van der Waals surface area contributed by atoms with Gasteiger partial charge in [-0.05, 0) is 30.2 Å². The SMILES string of the molecule is CCCc1cc(C2=N[C@@H](C(=O)OC)CO2)ccc1F. The van der Waals surface area contributed by atoms with Crippen molar-refractivity contribution in [2.75, 3.05) is 13.7 Å². The van der Waals surface area contributed by atoms with E-state index in [0.29, 0.717) is 23.4 Å². The predicted molar refractivity (Wildman–Crippen MR) is 68.7 cm³/mol. The molecule has 0 unspecified atom stereocenters. The average molecular weight is 265 g/mol. The number of aryl methyl sites for hydroxylation is 1.